The van der Waals surface area contributed by atoms with Gasteiger partial charge in [0.05, 0.1) is 5.92 Å². The first-order valence-electron chi connectivity index (χ1n) is 11.0. The zero-order chi connectivity index (χ0) is 18.5. The Hall–Kier alpha value is -1.40. The minimum Gasteiger partial charge on any atom is -0.342 e. The summed E-state index contributed by atoms with van der Waals surface area (Å²) in [7, 11) is 0. The third kappa shape index (κ3) is 4.91. The summed E-state index contributed by atoms with van der Waals surface area (Å²) in [6.45, 7) is 8.75. The van der Waals surface area contributed by atoms with Crippen LogP contribution in [-0.4, -0.2) is 82.2 Å². The van der Waals surface area contributed by atoms with E-state index in [2.05, 4.69) is 19.8 Å². The van der Waals surface area contributed by atoms with E-state index in [4.69, 9.17) is 0 Å². The smallest absolute Gasteiger partial charge is 0.226 e. The van der Waals surface area contributed by atoms with Crippen LogP contribution in [0.15, 0.2) is 18.5 Å². The fourth-order valence-corrected chi connectivity index (χ4v) is 5.13. The van der Waals surface area contributed by atoms with Gasteiger partial charge in [0, 0.05) is 44.6 Å². The molecule has 3 aliphatic rings. The number of carbonyl (C=O) groups is 1. The van der Waals surface area contributed by atoms with Gasteiger partial charge in [-0.2, -0.15) is 5.10 Å². The number of aromatic nitrogens is 2. The number of carbonyl (C=O) groups excluding carboxylic acids is 1. The average Bonchev–Trinajstić information content (AvgIpc) is 3.42. The van der Waals surface area contributed by atoms with Crippen molar-refractivity contribution < 1.29 is 4.79 Å². The van der Waals surface area contributed by atoms with Crippen molar-refractivity contribution in [2.24, 2.45) is 5.92 Å². The molecular weight excluding hydrogens is 338 g/mol. The Morgan fingerprint density at radius 1 is 0.963 bits per heavy atom. The molecular formula is C21H35N5O. The van der Waals surface area contributed by atoms with Crippen LogP contribution in [0.5, 0.6) is 0 Å². The Bertz CT molecular complexity index is 575. The number of piperidine rings is 2. The molecule has 3 aliphatic heterocycles. The molecule has 0 aliphatic carbocycles. The molecule has 0 radical (unpaired) electrons. The Morgan fingerprint density at radius 2 is 1.78 bits per heavy atom. The van der Waals surface area contributed by atoms with E-state index in [0.29, 0.717) is 11.9 Å². The monoisotopic (exact) mass is 373 g/mol. The highest BCUT2D eigenvalue weighted by atomic mass is 16.2. The van der Waals surface area contributed by atoms with Crippen LogP contribution in [-0.2, 0) is 11.3 Å². The van der Waals surface area contributed by atoms with Crippen LogP contribution < -0.4 is 0 Å². The molecule has 0 N–H and O–H groups in total. The van der Waals surface area contributed by atoms with Crippen LogP contribution in [0.1, 0.15) is 44.9 Å². The minimum atomic E-state index is 0.254. The molecule has 0 spiro atoms. The van der Waals surface area contributed by atoms with Gasteiger partial charge in [0.2, 0.25) is 5.91 Å². The molecule has 27 heavy (non-hydrogen) atoms. The van der Waals surface area contributed by atoms with Gasteiger partial charge in [-0.3, -0.25) is 14.4 Å². The van der Waals surface area contributed by atoms with E-state index >= 15 is 0 Å². The Morgan fingerprint density at radius 3 is 2.52 bits per heavy atom. The first kappa shape index (κ1) is 18.9. The summed E-state index contributed by atoms with van der Waals surface area (Å²) in [6, 6.07) is 2.67. The van der Waals surface area contributed by atoms with E-state index in [0.717, 1.165) is 32.6 Å². The predicted molar refractivity (Wildman–Crippen MR) is 106 cm³/mol. The van der Waals surface area contributed by atoms with E-state index in [-0.39, 0.29) is 5.92 Å². The lowest BCUT2D eigenvalue weighted by Gasteiger charge is -2.42. The predicted octanol–water partition coefficient (Wildman–Crippen LogP) is 2.07. The fourth-order valence-electron chi connectivity index (χ4n) is 5.13. The van der Waals surface area contributed by atoms with Gasteiger partial charge < -0.3 is 9.80 Å². The maximum Gasteiger partial charge on any atom is 0.226 e. The van der Waals surface area contributed by atoms with Crippen molar-refractivity contribution in [2.75, 3.05) is 45.8 Å². The van der Waals surface area contributed by atoms with Gasteiger partial charge in [-0.25, -0.2) is 0 Å². The highest BCUT2D eigenvalue weighted by molar-refractivity contribution is 5.79. The first-order valence-corrected chi connectivity index (χ1v) is 11.0. The van der Waals surface area contributed by atoms with Crippen molar-refractivity contribution in [1.29, 1.82) is 0 Å². The van der Waals surface area contributed by atoms with Crippen LogP contribution in [0.3, 0.4) is 0 Å². The molecule has 1 aromatic rings. The van der Waals surface area contributed by atoms with E-state index in [1.807, 2.05) is 23.1 Å². The van der Waals surface area contributed by atoms with Gasteiger partial charge in [-0.15, -0.1) is 0 Å². The molecule has 6 nitrogen and oxygen atoms in total. The van der Waals surface area contributed by atoms with Crippen molar-refractivity contribution >= 4 is 5.91 Å². The molecule has 0 unspecified atom stereocenters. The topological polar surface area (TPSA) is 44.6 Å². The van der Waals surface area contributed by atoms with E-state index < -0.39 is 0 Å². The number of nitrogens with zero attached hydrogens (tertiary/aromatic N) is 5. The second kappa shape index (κ2) is 9.20. The third-order valence-electron chi connectivity index (χ3n) is 6.71. The molecule has 6 heteroatoms. The first-order chi connectivity index (χ1) is 13.3. The van der Waals surface area contributed by atoms with Gasteiger partial charge in [0.15, 0.2) is 0 Å². The Labute approximate surface area is 163 Å². The number of likely N-dealkylation sites (tertiary alicyclic amines) is 3. The molecule has 3 saturated heterocycles. The Balaban J connectivity index is 1.19. The molecule has 3 fully saturated rings. The minimum absolute atomic E-state index is 0.254. The number of hydrogen-bond donors (Lipinski definition) is 0. The number of amides is 1. The number of hydrogen-bond acceptors (Lipinski definition) is 4. The number of aryl methyl sites for hydroxylation is 1. The van der Waals surface area contributed by atoms with E-state index in [9.17, 15) is 4.79 Å². The summed E-state index contributed by atoms with van der Waals surface area (Å²) >= 11 is 0. The molecule has 4 rings (SSSR count). The van der Waals surface area contributed by atoms with Crippen LogP contribution in [0.4, 0.5) is 0 Å². The summed E-state index contributed by atoms with van der Waals surface area (Å²) in [5.74, 6) is 0.692. The molecule has 1 atom stereocenters. The highest BCUT2D eigenvalue weighted by Gasteiger charge is 2.34. The second-order valence-corrected chi connectivity index (χ2v) is 8.56. The maximum atomic E-state index is 12.8. The maximum absolute atomic E-state index is 12.8. The second-order valence-electron chi connectivity index (χ2n) is 8.56. The number of rotatable bonds is 6. The Kier molecular flexibility index (Phi) is 6.45. The van der Waals surface area contributed by atoms with Gasteiger partial charge in [0.1, 0.15) is 0 Å². The van der Waals surface area contributed by atoms with Gasteiger partial charge in [-0.1, -0.05) is 0 Å². The molecule has 150 valence electrons. The summed E-state index contributed by atoms with van der Waals surface area (Å²) in [4.78, 5) is 20.2. The van der Waals surface area contributed by atoms with E-state index in [1.54, 1.807) is 0 Å². The SMILES string of the molecule is O=C([C@@H]1CCCN(C2CCN(CCCn3cccn3)CC2)C1)N1CCCC1. The normalized spacial score (nSPS) is 25.9. The third-order valence-corrected chi connectivity index (χ3v) is 6.71. The zero-order valence-electron chi connectivity index (χ0n) is 16.6. The van der Waals surface area contributed by atoms with E-state index in [1.165, 1.54) is 64.7 Å². The highest BCUT2D eigenvalue weighted by Crippen LogP contribution is 2.26. The van der Waals surface area contributed by atoms with Crippen molar-refractivity contribution in [3.8, 4) is 0 Å². The molecule has 1 aromatic heterocycles. The zero-order valence-corrected chi connectivity index (χ0v) is 16.6. The lowest BCUT2D eigenvalue weighted by molar-refractivity contribution is -0.136. The lowest BCUT2D eigenvalue weighted by Crippen LogP contribution is -2.51. The molecule has 4 heterocycles. The van der Waals surface area contributed by atoms with Crippen LogP contribution in [0, 0.1) is 5.92 Å². The van der Waals surface area contributed by atoms with Crippen molar-refractivity contribution in [3.63, 3.8) is 0 Å². The van der Waals surface area contributed by atoms with Gasteiger partial charge in [-0.05, 0) is 77.2 Å². The standard InChI is InChI=1S/C21H35N5O/c27-21(24-11-1-2-12-24)19-6-3-13-25(18-19)20-7-16-23(17-8-20)10-5-15-26-14-4-9-22-26/h4,9,14,19-20H,1-3,5-8,10-13,15-18H2/t19-/m1/s1. The lowest BCUT2D eigenvalue weighted by atomic mass is 9.93. The summed E-state index contributed by atoms with van der Waals surface area (Å²) < 4.78 is 2.03. The molecule has 0 bridgehead atoms. The largest absolute Gasteiger partial charge is 0.342 e. The fraction of sp³-hybridized carbons (Fsp3) is 0.810. The van der Waals surface area contributed by atoms with Gasteiger partial charge in [0.25, 0.3) is 0 Å². The van der Waals surface area contributed by atoms with Crippen LogP contribution in [0.2, 0.25) is 0 Å². The quantitative estimate of drug-likeness (QED) is 0.766. The van der Waals surface area contributed by atoms with Crippen molar-refractivity contribution in [3.05, 3.63) is 18.5 Å². The molecule has 0 saturated carbocycles. The van der Waals surface area contributed by atoms with Crippen LogP contribution in [0.25, 0.3) is 0 Å². The summed E-state index contributed by atoms with van der Waals surface area (Å²) in [6.07, 6.45) is 12.3. The molecule has 1 amide bonds. The van der Waals surface area contributed by atoms with Crippen molar-refractivity contribution in [2.45, 2.75) is 57.5 Å². The summed E-state index contributed by atoms with van der Waals surface area (Å²) in [5, 5.41) is 4.28. The molecule has 0 aromatic carbocycles. The summed E-state index contributed by atoms with van der Waals surface area (Å²) in [5.41, 5.74) is 0. The van der Waals surface area contributed by atoms with Crippen LogP contribution >= 0.6 is 0 Å². The van der Waals surface area contributed by atoms with Crippen molar-refractivity contribution in [1.82, 2.24) is 24.5 Å². The average molecular weight is 374 g/mol. The van der Waals surface area contributed by atoms with Gasteiger partial charge >= 0.3 is 0 Å².